The molecule has 5 atom stereocenters. The van der Waals surface area contributed by atoms with Crippen LogP contribution >= 0.6 is 0 Å². The maximum Gasteiger partial charge on any atom is 0.303 e. The molecule has 4 N–H and O–H groups in total. The van der Waals surface area contributed by atoms with Gasteiger partial charge in [-0.15, -0.1) is 0 Å². The first-order valence-corrected chi connectivity index (χ1v) is 16.3. The minimum atomic E-state index is -0.997. The van der Waals surface area contributed by atoms with E-state index in [4.69, 9.17) is 14.6 Å². The third-order valence-electron chi connectivity index (χ3n) is 8.90. The molecule has 4 aromatic carbocycles. The lowest BCUT2D eigenvalue weighted by Crippen LogP contribution is -2.43. The summed E-state index contributed by atoms with van der Waals surface area (Å²) in [5, 5.41) is 32.2. The van der Waals surface area contributed by atoms with Crippen LogP contribution in [0.5, 0.6) is 0 Å². The summed E-state index contributed by atoms with van der Waals surface area (Å²) in [4.78, 5) is 24.9. The third-order valence-corrected chi connectivity index (χ3v) is 8.90. The number of likely N-dealkylation sites (N-methyl/N-ethyl adjacent to an activating group) is 1. The van der Waals surface area contributed by atoms with Gasteiger partial charge in [0.2, 0.25) is 5.91 Å². The molecule has 1 aliphatic rings. The van der Waals surface area contributed by atoms with Gasteiger partial charge in [-0.3, -0.25) is 14.5 Å². The normalized spacial score (nSPS) is 19.1. The molecule has 252 valence electrons. The molecule has 1 heterocycles. The topological polar surface area (TPSA) is 129 Å². The Bertz CT molecular complexity index is 1630. The van der Waals surface area contributed by atoms with Crippen LogP contribution in [0.2, 0.25) is 0 Å². The van der Waals surface area contributed by atoms with E-state index in [0.717, 1.165) is 38.9 Å². The van der Waals surface area contributed by atoms with E-state index in [9.17, 15) is 19.8 Å². The van der Waals surface area contributed by atoms with Crippen LogP contribution in [-0.4, -0.2) is 57.8 Å². The highest BCUT2D eigenvalue weighted by Gasteiger charge is 2.34. The quantitative estimate of drug-likeness (QED) is 0.132. The van der Waals surface area contributed by atoms with Crippen LogP contribution < -0.4 is 5.32 Å². The fourth-order valence-electron chi connectivity index (χ4n) is 5.89. The van der Waals surface area contributed by atoms with Crippen molar-refractivity contribution in [3.05, 3.63) is 131 Å². The first-order valence-electron chi connectivity index (χ1n) is 16.3. The Kier molecular flexibility index (Phi) is 12.1. The first-order chi connectivity index (χ1) is 23.2. The van der Waals surface area contributed by atoms with Crippen molar-refractivity contribution in [1.82, 2.24) is 10.2 Å². The highest BCUT2D eigenvalue weighted by Crippen LogP contribution is 2.39. The van der Waals surface area contributed by atoms with E-state index in [1.807, 2.05) is 117 Å². The van der Waals surface area contributed by atoms with Crippen LogP contribution in [0, 0.1) is 0 Å². The average Bonchev–Trinajstić information content (AvgIpc) is 3.13. The Morgan fingerprint density at radius 2 is 1.56 bits per heavy atom. The van der Waals surface area contributed by atoms with Gasteiger partial charge < -0.3 is 30.1 Å². The number of aliphatic hydroxyl groups excluding tert-OH is 2. The Balaban J connectivity index is 1.29. The molecule has 0 saturated carbocycles. The van der Waals surface area contributed by atoms with Crippen LogP contribution in [0.25, 0.3) is 11.1 Å². The van der Waals surface area contributed by atoms with Gasteiger partial charge in [-0.1, -0.05) is 97.1 Å². The molecule has 0 aliphatic carbocycles. The third kappa shape index (κ3) is 9.37. The number of nitrogens with one attached hydrogen (secondary N) is 1. The van der Waals surface area contributed by atoms with E-state index in [-0.39, 0.29) is 43.6 Å². The smallest absolute Gasteiger partial charge is 0.303 e. The molecule has 1 saturated heterocycles. The van der Waals surface area contributed by atoms with Gasteiger partial charge in [-0.25, -0.2) is 0 Å². The first kappa shape index (κ1) is 34.9. The fraction of sp³-hybridized carbons (Fsp3) is 0.333. The molecule has 0 unspecified atom stereocenters. The number of carboxylic acid groups (broad SMARTS) is 1. The number of hydrogen-bond donors (Lipinski definition) is 4. The SMILES string of the molecule is C[C@H]([C@@H](O)c1ccccc1)N(C)C[C@H]1C[C@@H](c2ccc(CO)cc2)O[C@@H](c2ccc(-c3cccc(CNC(=O)CCC(=O)O)c3)cc2)O1. The van der Waals surface area contributed by atoms with Gasteiger partial charge in [0.15, 0.2) is 6.29 Å². The molecule has 9 nitrogen and oxygen atoms in total. The number of carboxylic acids is 1. The lowest BCUT2D eigenvalue weighted by molar-refractivity contribution is -0.253. The van der Waals surface area contributed by atoms with Crippen molar-refractivity contribution in [3.63, 3.8) is 0 Å². The summed E-state index contributed by atoms with van der Waals surface area (Å²) in [5.74, 6) is -1.29. The van der Waals surface area contributed by atoms with E-state index in [1.165, 1.54) is 0 Å². The minimum Gasteiger partial charge on any atom is -0.481 e. The Hall–Kier alpha value is -4.38. The zero-order valence-electron chi connectivity index (χ0n) is 27.4. The molecule has 1 amide bonds. The number of amides is 1. The molecule has 0 radical (unpaired) electrons. The van der Waals surface area contributed by atoms with Crippen molar-refractivity contribution < 1.29 is 34.4 Å². The highest BCUT2D eigenvalue weighted by atomic mass is 16.7. The molecule has 1 fully saturated rings. The van der Waals surface area contributed by atoms with Gasteiger partial charge in [0, 0.05) is 37.5 Å². The number of aliphatic hydroxyl groups is 2. The molecule has 5 rings (SSSR count). The van der Waals surface area contributed by atoms with Crippen molar-refractivity contribution in [2.75, 3.05) is 13.6 Å². The number of nitrogens with zero attached hydrogens (tertiary/aromatic N) is 1. The summed E-state index contributed by atoms with van der Waals surface area (Å²) < 4.78 is 13.1. The predicted molar refractivity (Wildman–Crippen MR) is 183 cm³/mol. The van der Waals surface area contributed by atoms with E-state index in [2.05, 4.69) is 10.2 Å². The predicted octanol–water partition coefficient (Wildman–Crippen LogP) is 5.93. The van der Waals surface area contributed by atoms with Crippen LogP contribution in [0.15, 0.2) is 103 Å². The molecular formula is C39H44N2O7. The molecular weight excluding hydrogens is 608 g/mol. The molecule has 1 aliphatic heterocycles. The minimum absolute atomic E-state index is 0.0245. The summed E-state index contributed by atoms with van der Waals surface area (Å²) in [6.07, 6.45) is -1.29. The number of aliphatic carboxylic acids is 1. The number of hydrogen-bond acceptors (Lipinski definition) is 7. The lowest BCUT2D eigenvalue weighted by atomic mass is 9.98. The van der Waals surface area contributed by atoms with Crippen molar-refractivity contribution in [1.29, 1.82) is 0 Å². The average molecular weight is 653 g/mol. The molecule has 48 heavy (non-hydrogen) atoms. The van der Waals surface area contributed by atoms with E-state index in [0.29, 0.717) is 19.5 Å². The van der Waals surface area contributed by atoms with Crippen molar-refractivity contribution in [2.45, 2.75) is 70.0 Å². The summed E-state index contributed by atoms with van der Waals surface area (Å²) in [7, 11) is 2.00. The van der Waals surface area contributed by atoms with Gasteiger partial charge in [0.1, 0.15) is 0 Å². The Morgan fingerprint density at radius 1 is 0.854 bits per heavy atom. The van der Waals surface area contributed by atoms with Gasteiger partial charge in [-0.05, 0) is 53.4 Å². The molecule has 0 spiro atoms. The summed E-state index contributed by atoms with van der Waals surface area (Å²) >= 11 is 0. The standard InChI is InChI=1S/C39H44N2O7/c1-26(38(46)31-8-4-3-5-9-31)41(2)24-34-22-35(30-13-11-27(25-42)12-14-30)48-39(47-34)32-17-15-29(16-18-32)33-10-6-7-28(21-33)23-40-36(43)19-20-37(44)45/h3-18,21,26,34-35,38-39,42,46H,19-20,22-25H2,1-2H3,(H,40,43)(H,44,45)/t26-,34-,35+,38-,39+/m1/s1. The van der Waals surface area contributed by atoms with E-state index >= 15 is 0 Å². The number of carbonyl (C=O) groups is 2. The Labute approximate surface area is 281 Å². The second-order valence-electron chi connectivity index (χ2n) is 12.4. The molecule has 4 aromatic rings. The van der Waals surface area contributed by atoms with Gasteiger partial charge in [0.05, 0.1) is 31.3 Å². The lowest BCUT2D eigenvalue weighted by Gasteiger charge is -2.39. The maximum atomic E-state index is 12.0. The summed E-state index contributed by atoms with van der Waals surface area (Å²) in [6.45, 7) is 2.89. The van der Waals surface area contributed by atoms with Gasteiger partial charge >= 0.3 is 5.97 Å². The largest absolute Gasteiger partial charge is 0.481 e. The maximum absolute atomic E-state index is 12.0. The molecule has 0 bridgehead atoms. The van der Waals surface area contributed by atoms with E-state index < -0.39 is 18.4 Å². The van der Waals surface area contributed by atoms with Crippen LogP contribution in [0.3, 0.4) is 0 Å². The van der Waals surface area contributed by atoms with E-state index in [1.54, 1.807) is 0 Å². The number of rotatable bonds is 14. The van der Waals surface area contributed by atoms with Crippen LogP contribution in [0.1, 0.15) is 72.5 Å². The zero-order valence-corrected chi connectivity index (χ0v) is 27.4. The number of benzene rings is 4. The van der Waals surface area contributed by atoms with Crippen LogP contribution in [0.4, 0.5) is 0 Å². The van der Waals surface area contributed by atoms with Gasteiger partial charge in [-0.2, -0.15) is 0 Å². The summed E-state index contributed by atoms with van der Waals surface area (Å²) in [5.41, 5.74) is 6.48. The number of ether oxygens (including phenoxy) is 2. The zero-order chi connectivity index (χ0) is 34.0. The highest BCUT2D eigenvalue weighted by molar-refractivity contribution is 5.80. The monoisotopic (exact) mass is 652 g/mol. The Morgan fingerprint density at radius 3 is 2.25 bits per heavy atom. The second kappa shape index (κ2) is 16.6. The molecule has 9 heteroatoms. The second-order valence-corrected chi connectivity index (χ2v) is 12.4. The summed E-state index contributed by atoms with van der Waals surface area (Å²) in [6, 6.07) is 33.2. The number of carbonyl (C=O) groups excluding carboxylic acids is 1. The fourth-order valence-corrected chi connectivity index (χ4v) is 5.89. The molecule has 0 aromatic heterocycles. The van der Waals surface area contributed by atoms with Crippen molar-refractivity contribution in [3.8, 4) is 11.1 Å². The van der Waals surface area contributed by atoms with Gasteiger partial charge in [0.25, 0.3) is 0 Å². The van der Waals surface area contributed by atoms with Crippen molar-refractivity contribution in [2.24, 2.45) is 0 Å². The van der Waals surface area contributed by atoms with Crippen molar-refractivity contribution >= 4 is 11.9 Å². The van der Waals surface area contributed by atoms with Crippen LogP contribution in [-0.2, 0) is 32.2 Å².